The van der Waals surface area contributed by atoms with E-state index in [1.165, 1.54) is 0 Å². The van der Waals surface area contributed by atoms with Crippen LogP contribution in [-0.2, 0) is 4.79 Å². The van der Waals surface area contributed by atoms with Crippen LogP contribution in [0.3, 0.4) is 0 Å². The van der Waals surface area contributed by atoms with Crippen molar-refractivity contribution in [1.82, 2.24) is 0 Å². The van der Waals surface area contributed by atoms with Gasteiger partial charge in [-0.15, -0.1) is 0 Å². The third kappa shape index (κ3) is 7.82. The van der Waals surface area contributed by atoms with E-state index in [2.05, 4.69) is 12.6 Å². The SMILES string of the molecule is O=C(O)CCCCC[S]. The molecule has 0 saturated heterocycles. The zero-order valence-electron chi connectivity index (χ0n) is 5.30. The molecule has 9 heavy (non-hydrogen) atoms. The molecule has 0 rings (SSSR count). The van der Waals surface area contributed by atoms with Crippen LogP contribution in [0.25, 0.3) is 0 Å². The summed E-state index contributed by atoms with van der Waals surface area (Å²) in [4.78, 5) is 9.94. The number of hydrogen-bond acceptors (Lipinski definition) is 1. The maximum absolute atomic E-state index is 9.94. The van der Waals surface area contributed by atoms with Gasteiger partial charge in [-0.3, -0.25) is 4.79 Å². The molecule has 0 aromatic heterocycles. The van der Waals surface area contributed by atoms with E-state index in [1.54, 1.807) is 0 Å². The maximum Gasteiger partial charge on any atom is 0.303 e. The molecule has 1 radical (unpaired) electrons. The summed E-state index contributed by atoms with van der Waals surface area (Å²) in [6.45, 7) is 0. The van der Waals surface area contributed by atoms with E-state index < -0.39 is 5.97 Å². The van der Waals surface area contributed by atoms with E-state index in [-0.39, 0.29) is 6.42 Å². The Morgan fingerprint density at radius 3 is 2.44 bits per heavy atom. The van der Waals surface area contributed by atoms with Crippen molar-refractivity contribution in [2.75, 3.05) is 5.75 Å². The zero-order chi connectivity index (χ0) is 7.11. The number of unbranched alkanes of at least 4 members (excludes halogenated alkanes) is 2. The second-order valence-electron chi connectivity index (χ2n) is 1.91. The summed E-state index contributed by atoms with van der Waals surface area (Å²) in [7, 11) is 0. The van der Waals surface area contributed by atoms with Crippen LogP contribution in [0.4, 0.5) is 0 Å². The predicted molar refractivity (Wildman–Crippen MR) is 38.6 cm³/mol. The topological polar surface area (TPSA) is 37.3 Å². The lowest BCUT2D eigenvalue weighted by molar-refractivity contribution is -0.137. The van der Waals surface area contributed by atoms with Crippen LogP contribution in [0.5, 0.6) is 0 Å². The average Bonchev–Trinajstić information content (AvgIpc) is 1.80. The highest BCUT2D eigenvalue weighted by molar-refractivity contribution is 7.80. The first-order chi connectivity index (χ1) is 4.27. The molecule has 0 spiro atoms. The van der Waals surface area contributed by atoms with Gasteiger partial charge in [0.25, 0.3) is 0 Å². The molecule has 0 aromatic carbocycles. The molecule has 0 bridgehead atoms. The minimum absolute atomic E-state index is 0.287. The smallest absolute Gasteiger partial charge is 0.303 e. The molecular formula is C6H11O2S. The van der Waals surface area contributed by atoms with Crippen molar-refractivity contribution < 1.29 is 9.90 Å². The van der Waals surface area contributed by atoms with Crippen molar-refractivity contribution in [2.24, 2.45) is 0 Å². The summed E-state index contributed by atoms with van der Waals surface area (Å²) in [6.07, 6.45) is 2.99. The fraction of sp³-hybridized carbons (Fsp3) is 0.833. The predicted octanol–water partition coefficient (Wildman–Crippen LogP) is 1.83. The number of aliphatic carboxylic acids is 1. The van der Waals surface area contributed by atoms with Crippen LogP contribution >= 0.6 is 12.6 Å². The molecule has 1 N–H and O–H groups in total. The van der Waals surface area contributed by atoms with Crippen molar-refractivity contribution in [3.8, 4) is 0 Å². The Morgan fingerprint density at radius 2 is 2.00 bits per heavy atom. The summed E-state index contributed by atoms with van der Waals surface area (Å²) in [5, 5.41) is 8.19. The first-order valence-corrected chi connectivity index (χ1v) is 3.65. The Bertz CT molecular complexity index is 83.1. The van der Waals surface area contributed by atoms with E-state index in [4.69, 9.17) is 5.11 Å². The molecule has 2 nitrogen and oxygen atoms in total. The summed E-state index contributed by atoms with van der Waals surface area (Å²) in [5.41, 5.74) is 0. The highest BCUT2D eigenvalue weighted by Crippen LogP contribution is 1.99. The zero-order valence-corrected chi connectivity index (χ0v) is 6.12. The van der Waals surface area contributed by atoms with Gasteiger partial charge in [0.2, 0.25) is 0 Å². The van der Waals surface area contributed by atoms with Crippen LogP contribution < -0.4 is 0 Å². The van der Waals surface area contributed by atoms with Crippen LogP contribution in [0.1, 0.15) is 25.7 Å². The van der Waals surface area contributed by atoms with E-state index in [0.717, 1.165) is 25.0 Å². The van der Waals surface area contributed by atoms with E-state index in [0.29, 0.717) is 0 Å². The van der Waals surface area contributed by atoms with Crippen molar-refractivity contribution in [3.05, 3.63) is 0 Å². The Labute approximate surface area is 60.7 Å². The second-order valence-corrected chi connectivity index (χ2v) is 2.32. The Kier molecular flexibility index (Phi) is 5.83. The van der Waals surface area contributed by atoms with Gasteiger partial charge in [-0.1, -0.05) is 19.0 Å². The molecule has 0 heterocycles. The van der Waals surface area contributed by atoms with E-state index in [1.807, 2.05) is 0 Å². The van der Waals surface area contributed by atoms with Gasteiger partial charge in [-0.25, -0.2) is 0 Å². The van der Waals surface area contributed by atoms with Gasteiger partial charge in [0.05, 0.1) is 0 Å². The molecule has 0 aliphatic heterocycles. The summed E-state index contributed by atoms with van der Waals surface area (Å²) in [6, 6.07) is 0. The highest BCUT2D eigenvalue weighted by atomic mass is 32.1. The fourth-order valence-electron chi connectivity index (χ4n) is 0.555. The average molecular weight is 147 g/mol. The molecule has 0 fully saturated rings. The first-order valence-electron chi connectivity index (χ1n) is 3.07. The largest absolute Gasteiger partial charge is 0.481 e. The number of carboxylic acids is 1. The van der Waals surface area contributed by atoms with Crippen LogP contribution in [0.15, 0.2) is 0 Å². The van der Waals surface area contributed by atoms with Gasteiger partial charge < -0.3 is 5.11 Å². The molecule has 3 heteroatoms. The lowest BCUT2D eigenvalue weighted by atomic mass is 10.2. The molecule has 0 aromatic rings. The molecule has 0 amide bonds. The van der Waals surface area contributed by atoms with Gasteiger partial charge in [0.15, 0.2) is 0 Å². The Balaban J connectivity index is 2.83. The first kappa shape index (κ1) is 8.82. The van der Waals surface area contributed by atoms with Crippen molar-refractivity contribution in [1.29, 1.82) is 0 Å². The fourth-order valence-corrected chi connectivity index (χ4v) is 0.759. The van der Waals surface area contributed by atoms with Gasteiger partial charge in [-0.2, -0.15) is 0 Å². The summed E-state index contributed by atoms with van der Waals surface area (Å²) in [5.74, 6) is 0.0407. The third-order valence-electron chi connectivity index (χ3n) is 1.03. The van der Waals surface area contributed by atoms with Gasteiger partial charge in [-0.05, 0) is 12.8 Å². The third-order valence-corrected chi connectivity index (χ3v) is 1.32. The van der Waals surface area contributed by atoms with Gasteiger partial charge >= 0.3 is 5.97 Å². The van der Waals surface area contributed by atoms with Crippen molar-refractivity contribution >= 4 is 18.6 Å². The minimum Gasteiger partial charge on any atom is -0.481 e. The van der Waals surface area contributed by atoms with Crippen molar-refractivity contribution in [2.45, 2.75) is 25.7 Å². The number of carboxylic acid groups (broad SMARTS) is 1. The normalized spacial score (nSPS) is 9.44. The molecule has 53 valence electrons. The summed E-state index contributed by atoms with van der Waals surface area (Å²) < 4.78 is 0. The van der Waals surface area contributed by atoms with Gasteiger partial charge in [0.1, 0.15) is 0 Å². The lowest BCUT2D eigenvalue weighted by Gasteiger charge is -1.92. The van der Waals surface area contributed by atoms with Gasteiger partial charge in [0, 0.05) is 12.2 Å². The highest BCUT2D eigenvalue weighted by Gasteiger charge is 1.94. The van der Waals surface area contributed by atoms with Crippen LogP contribution in [0.2, 0.25) is 0 Å². The Hall–Kier alpha value is -0.180. The number of rotatable bonds is 5. The summed E-state index contributed by atoms with van der Waals surface area (Å²) >= 11 is 4.68. The molecule has 0 aliphatic carbocycles. The van der Waals surface area contributed by atoms with Crippen LogP contribution in [-0.4, -0.2) is 16.8 Å². The number of carbonyl (C=O) groups is 1. The quantitative estimate of drug-likeness (QED) is 0.602. The van der Waals surface area contributed by atoms with E-state index in [9.17, 15) is 4.79 Å². The monoisotopic (exact) mass is 147 g/mol. The van der Waals surface area contributed by atoms with Crippen molar-refractivity contribution in [3.63, 3.8) is 0 Å². The number of hydrogen-bond donors (Lipinski definition) is 1. The van der Waals surface area contributed by atoms with E-state index >= 15 is 0 Å². The molecule has 0 saturated carbocycles. The molecule has 0 unspecified atom stereocenters. The maximum atomic E-state index is 9.94. The van der Waals surface area contributed by atoms with Crippen LogP contribution in [0, 0.1) is 0 Å². The standard InChI is InChI=1S/C6H11O2S/c7-6(8)4-2-1-3-5-9/h1-5H2,(H,7,8). The Morgan fingerprint density at radius 1 is 1.33 bits per heavy atom. The minimum atomic E-state index is -0.709. The lowest BCUT2D eigenvalue weighted by Crippen LogP contribution is -1.93. The molecular weight excluding hydrogens is 136 g/mol. The molecule has 0 atom stereocenters. The second kappa shape index (κ2) is 5.95. The molecule has 0 aliphatic rings.